The van der Waals surface area contributed by atoms with E-state index in [1.807, 2.05) is 11.8 Å². The molecular weight excluding hydrogens is 521 g/mol. The number of nitrogen functional groups attached to an aromatic ring is 1. The van der Waals surface area contributed by atoms with Gasteiger partial charge in [-0.05, 0) is 28.7 Å². The second kappa shape index (κ2) is 10.2. The number of fused-ring (bicyclic) bond motifs is 3. The quantitative estimate of drug-likeness (QED) is 0.102. The summed E-state index contributed by atoms with van der Waals surface area (Å²) in [7, 11) is 0. The second-order valence-corrected chi connectivity index (χ2v) is 12.0. The van der Waals surface area contributed by atoms with Crippen molar-refractivity contribution in [1.29, 1.82) is 0 Å². The summed E-state index contributed by atoms with van der Waals surface area (Å²) in [6, 6.07) is 27.8. The number of nitrogens with two attached hydrogens (primary N) is 1. The van der Waals surface area contributed by atoms with Crippen LogP contribution in [0.1, 0.15) is 37.6 Å². The molecule has 0 radical (unpaired) electrons. The molecule has 3 heterocycles. The Hall–Kier alpha value is -3.40. The standard InChI is InChI=1S/C28H22N4O2S3/c29-26-23-21-15-22(18-7-3-1-4-8-18)36-24(19-9-5-2-6-10-19)25(21)37-27(23)31-28(30-26)35-16-17-11-13-20(14-12-17)32(33)34/h1-14,22,24H,15-16H2,(H2,29,30,31)/t22-,24+/m1/s1. The number of rotatable bonds is 6. The smallest absolute Gasteiger partial charge is 0.269 e. The fourth-order valence-electron chi connectivity index (χ4n) is 4.60. The van der Waals surface area contributed by atoms with Gasteiger partial charge in [0.15, 0.2) is 5.16 Å². The van der Waals surface area contributed by atoms with Crippen LogP contribution in [0, 0.1) is 10.1 Å². The molecule has 6 rings (SSSR count). The Bertz CT molecular complexity index is 1570. The Labute approximate surface area is 226 Å². The van der Waals surface area contributed by atoms with E-state index in [-0.39, 0.29) is 10.9 Å². The molecule has 0 saturated heterocycles. The Morgan fingerprint density at radius 1 is 0.946 bits per heavy atom. The van der Waals surface area contributed by atoms with Gasteiger partial charge >= 0.3 is 0 Å². The van der Waals surface area contributed by atoms with Crippen LogP contribution in [0.4, 0.5) is 11.5 Å². The molecule has 9 heteroatoms. The fraction of sp³-hybridized carbons (Fsp3) is 0.143. The molecular formula is C28H22N4O2S3. The van der Waals surface area contributed by atoms with E-state index in [1.165, 1.54) is 45.5 Å². The average molecular weight is 543 g/mol. The molecule has 2 atom stereocenters. The Morgan fingerprint density at radius 3 is 2.30 bits per heavy atom. The van der Waals surface area contributed by atoms with Crippen molar-refractivity contribution in [2.45, 2.75) is 27.8 Å². The van der Waals surface area contributed by atoms with E-state index in [4.69, 9.17) is 10.7 Å². The summed E-state index contributed by atoms with van der Waals surface area (Å²) in [5.74, 6) is 1.12. The number of anilines is 1. The van der Waals surface area contributed by atoms with Gasteiger partial charge in [0.2, 0.25) is 0 Å². The second-order valence-electron chi connectivity index (χ2n) is 8.76. The molecule has 6 nitrogen and oxygen atoms in total. The van der Waals surface area contributed by atoms with E-state index in [2.05, 4.69) is 65.6 Å². The van der Waals surface area contributed by atoms with Crippen LogP contribution in [0.2, 0.25) is 0 Å². The molecule has 37 heavy (non-hydrogen) atoms. The minimum Gasteiger partial charge on any atom is -0.383 e. The number of benzene rings is 3. The van der Waals surface area contributed by atoms with Gasteiger partial charge in [-0.2, -0.15) is 0 Å². The van der Waals surface area contributed by atoms with Crippen molar-refractivity contribution in [2.75, 3.05) is 5.73 Å². The predicted molar refractivity (Wildman–Crippen MR) is 153 cm³/mol. The van der Waals surface area contributed by atoms with Crippen LogP contribution < -0.4 is 5.73 Å². The summed E-state index contributed by atoms with van der Waals surface area (Å²) in [5.41, 5.74) is 11.5. The maximum absolute atomic E-state index is 10.9. The topological polar surface area (TPSA) is 94.9 Å². The summed E-state index contributed by atoms with van der Waals surface area (Å²) in [5, 5.41) is 13.0. The van der Waals surface area contributed by atoms with Crippen molar-refractivity contribution in [1.82, 2.24) is 9.97 Å². The van der Waals surface area contributed by atoms with Crippen molar-refractivity contribution in [2.24, 2.45) is 0 Å². The first kappa shape index (κ1) is 24.0. The van der Waals surface area contributed by atoms with E-state index >= 15 is 0 Å². The van der Waals surface area contributed by atoms with Crippen molar-refractivity contribution in [3.8, 4) is 0 Å². The summed E-state index contributed by atoms with van der Waals surface area (Å²) in [4.78, 5) is 22.3. The lowest BCUT2D eigenvalue weighted by atomic mass is 9.98. The van der Waals surface area contributed by atoms with Crippen LogP contribution in [0.5, 0.6) is 0 Å². The zero-order chi connectivity index (χ0) is 25.4. The molecule has 0 bridgehead atoms. The molecule has 2 aromatic heterocycles. The SMILES string of the molecule is Nc1nc(SCc2ccc([N+](=O)[O-])cc2)nc2sc3c(c12)C[C@H](c1ccccc1)S[C@H]3c1ccccc1. The van der Waals surface area contributed by atoms with Gasteiger partial charge in [-0.3, -0.25) is 10.1 Å². The first-order chi connectivity index (χ1) is 18.1. The molecule has 0 aliphatic carbocycles. The number of hydrogen-bond donors (Lipinski definition) is 1. The molecule has 1 aliphatic rings. The third-order valence-electron chi connectivity index (χ3n) is 6.41. The molecule has 5 aromatic rings. The van der Waals surface area contributed by atoms with Crippen molar-refractivity contribution < 1.29 is 4.92 Å². The number of non-ortho nitro benzene ring substituents is 1. The van der Waals surface area contributed by atoms with Gasteiger partial charge in [0.05, 0.1) is 15.6 Å². The summed E-state index contributed by atoms with van der Waals surface area (Å²) < 4.78 is 0. The fourth-order valence-corrected chi connectivity index (χ4v) is 8.49. The summed E-state index contributed by atoms with van der Waals surface area (Å²) in [6.45, 7) is 0. The lowest BCUT2D eigenvalue weighted by molar-refractivity contribution is -0.384. The van der Waals surface area contributed by atoms with E-state index in [0.717, 1.165) is 22.2 Å². The van der Waals surface area contributed by atoms with E-state index in [1.54, 1.807) is 23.5 Å². The van der Waals surface area contributed by atoms with Crippen LogP contribution >= 0.6 is 34.9 Å². The largest absolute Gasteiger partial charge is 0.383 e. The van der Waals surface area contributed by atoms with Crippen LogP contribution in [0.15, 0.2) is 90.1 Å². The molecule has 0 fully saturated rings. The minimum absolute atomic E-state index is 0.0828. The first-order valence-corrected chi connectivity index (χ1v) is 14.5. The Kier molecular flexibility index (Phi) is 6.58. The summed E-state index contributed by atoms with van der Waals surface area (Å²) >= 11 is 5.19. The highest BCUT2D eigenvalue weighted by Crippen LogP contribution is 2.55. The molecule has 3 aromatic carbocycles. The molecule has 0 amide bonds. The number of thioether (sulfide) groups is 2. The number of aromatic nitrogens is 2. The maximum atomic E-state index is 10.9. The number of hydrogen-bond acceptors (Lipinski definition) is 8. The highest BCUT2D eigenvalue weighted by molar-refractivity contribution is 8.00. The number of nitrogens with zero attached hydrogens (tertiary/aromatic N) is 3. The molecule has 0 spiro atoms. The van der Waals surface area contributed by atoms with Gasteiger partial charge < -0.3 is 5.73 Å². The summed E-state index contributed by atoms with van der Waals surface area (Å²) in [6.07, 6.45) is 0.885. The molecule has 184 valence electrons. The zero-order valence-corrected chi connectivity index (χ0v) is 22.1. The van der Waals surface area contributed by atoms with Crippen molar-refractivity contribution in [3.63, 3.8) is 0 Å². The lowest BCUT2D eigenvalue weighted by Gasteiger charge is -2.30. The lowest BCUT2D eigenvalue weighted by Crippen LogP contribution is -2.12. The monoisotopic (exact) mass is 542 g/mol. The van der Waals surface area contributed by atoms with Gasteiger partial charge in [0, 0.05) is 28.0 Å². The first-order valence-electron chi connectivity index (χ1n) is 11.8. The van der Waals surface area contributed by atoms with E-state index in [0.29, 0.717) is 22.0 Å². The van der Waals surface area contributed by atoms with Gasteiger partial charge in [0.25, 0.3) is 5.69 Å². The van der Waals surface area contributed by atoms with Crippen LogP contribution in [0.3, 0.4) is 0 Å². The highest BCUT2D eigenvalue weighted by Gasteiger charge is 2.34. The van der Waals surface area contributed by atoms with Crippen LogP contribution in [-0.4, -0.2) is 14.9 Å². The van der Waals surface area contributed by atoms with E-state index < -0.39 is 4.92 Å². The predicted octanol–water partition coefficient (Wildman–Crippen LogP) is 7.59. The molecule has 2 N–H and O–H groups in total. The number of nitro groups is 1. The Balaban J connectivity index is 1.35. The van der Waals surface area contributed by atoms with E-state index in [9.17, 15) is 10.1 Å². The molecule has 0 saturated carbocycles. The molecule has 1 aliphatic heterocycles. The zero-order valence-electron chi connectivity index (χ0n) is 19.6. The third kappa shape index (κ3) is 4.82. The number of thiophene rings is 1. The van der Waals surface area contributed by atoms with Crippen LogP contribution in [0.25, 0.3) is 10.2 Å². The van der Waals surface area contributed by atoms with Crippen molar-refractivity contribution >= 4 is 56.6 Å². The third-order valence-corrected chi connectivity index (χ3v) is 10.2. The minimum atomic E-state index is -0.392. The van der Waals surface area contributed by atoms with Crippen LogP contribution in [-0.2, 0) is 12.2 Å². The number of nitro benzene ring substituents is 1. The maximum Gasteiger partial charge on any atom is 0.269 e. The van der Waals surface area contributed by atoms with Gasteiger partial charge in [-0.25, -0.2) is 9.97 Å². The highest BCUT2D eigenvalue weighted by atomic mass is 32.2. The normalized spacial score (nSPS) is 17.0. The van der Waals surface area contributed by atoms with Gasteiger partial charge in [-0.15, -0.1) is 23.1 Å². The van der Waals surface area contributed by atoms with Crippen molar-refractivity contribution in [3.05, 3.63) is 122 Å². The van der Waals surface area contributed by atoms with Gasteiger partial charge in [0.1, 0.15) is 10.6 Å². The molecule has 0 unspecified atom stereocenters. The average Bonchev–Trinajstić information content (AvgIpc) is 3.31. The Morgan fingerprint density at radius 2 is 1.62 bits per heavy atom. The van der Waals surface area contributed by atoms with Gasteiger partial charge in [-0.1, -0.05) is 84.6 Å².